The number of halogens is 1. The van der Waals surface area contributed by atoms with Gasteiger partial charge in [-0.3, -0.25) is 4.98 Å². The summed E-state index contributed by atoms with van der Waals surface area (Å²) in [5.41, 5.74) is 2.57. The van der Waals surface area contributed by atoms with Crippen LogP contribution >= 0.6 is 0 Å². The zero-order chi connectivity index (χ0) is 13.7. The third-order valence-corrected chi connectivity index (χ3v) is 2.82. The van der Waals surface area contributed by atoms with Crippen LogP contribution in [0.4, 0.5) is 4.39 Å². The lowest BCUT2D eigenvalue weighted by molar-refractivity contribution is 0.594. The molecule has 19 heavy (non-hydrogen) atoms. The van der Waals surface area contributed by atoms with Gasteiger partial charge in [0.25, 0.3) is 0 Å². The molecule has 0 spiro atoms. The number of benzene rings is 1. The monoisotopic (exact) mass is 255 g/mol. The Morgan fingerprint density at radius 3 is 2.79 bits per heavy atom. The minimum atomic E-state index is -0.249. The van der Waals surface area contributed by atoms with Crippen LogP contribution in [0.3, 0.4) is 0 Å². The van der Waals surface area contributed by atoms with Crippen LogP contribution in [0.5, 0.6) is 0 Å². The summed E-state index contributed by atoms with van der Waals surface area (Å²) in [6, 6.07) is 8.80. The van der Waals surface area contributed by atoms with Crippen molar-refractivity contribution in [1.29, 1.82) is 5.26 Å². The number of aromatic nitrogens is 1. The fraction of sp³-hybridized carbons (Fsp3) is 0.200. The summed E-state index contributed by atoms with van der Waals surface area (Å²) in [5.74, 6) is -0.249. The Morgan fingerprint density at radius 2 is 2.11 bits per heavy atom. The second-order valence-electron chi connectivity index (χ2n) is 4.16. The van der Waals surface area contributed by atoms with Gasteiger partial charge < -0.3 is 5.32 Å². The maximum atomic E-state index is 13.9. The Labute approximate surface area is 111 Å². The van der Waals surface area contributed by atoms with E-state index in [0.717, 1.165) is 17.7 Å². The molecule has 1 heterocycles. The Kier molecular flexibility index (Phi) is 4.22. The molecule has 1 N–H and O–H groups in total. The highest BCUT2D eigenvalue weighted by atomic mass is 19.1. The van der Waals surface area contributed by atoms with Crippen molar-refractivity contribution in [3.63, 3.8) is 0 Å². The first-order valence-electron chi connectivity index (χ1n) is 6.09. The molecule has 0 aliphatic heterocycles. The molecule has 1 aromatic heterocycles. The predicted octanol–water partition coefficient (Wildman–Crippen LogP) is 2.87. The molecule has 0 bridgehead atoms. The second-order valence-corrected chi connectivity index (χ2v) is 4.16. The van der Waals surface area contributed by atoms with Crippen LogP contribution in [0, 0.1) is 17.1 Å². The molecule has 96 valence electrons. The quantitative estimate of drug-likeness (QED) is 0.913. The van der Waals surface area contributed by atoms with Gasteiger partial charge in [-0.1, -0.05) is 19.1 Å². The fourth-order valence-electron chi connectivity index (χ4n) is 1.79. The van der Waals surface area contributed by atoms with Crippen LogP contribution in [-0.4, -0.2) is 11.5 Å². The van der Waals surface area contributed by atoms with Crippen LogP contribution in [0.2, 0.25) is 0 Å². The smallest absolute Gasteiger partial charge is 0.128 e. The number of hydrogen-bond donors (Lipinski definition) is 1. The molecule has 0 saturated carbocycles. The molecular weight excluding hydrogens is 241 g/mol. The lowest BCUT2D eigenvalue weighted by Crippen LogP contribution is -2.12. The van der Waals surface area contributed by atoms with Crippen LogP contribution in [0.1, 0.15) is 18.1 Å². The molecule has 0 aliphatic carbocycles. The molecule has 3 nitrogen and oxygen atoms in total. The SMILES string of the molecule is CCNCc1ccc(-c2cncc(C#N)c2)cc1F. The molecule has 0 radical (unpaired) electrons. The first-order chi connectivity index (χ1) is 9.24. The Morgan fingerprint density at radius 1 is 1.26 bits per heavy atom. The maximum Gasteiger partial charge on any atom is 0.128 e. The molecule has 0 atom stereocenters. The molecule has 0 amide bonds. The van der Waals surface area contributed by atoms with Gasteiger partial charge in [0.05, 0.1) is 5.56 Å². The summed E-state index contributed by atoms with van der Waals surface area (Å²) in [7, 11) is 0. The Bertz CT molecular complexity index is 617. The van der Waals surface area contributed by atoms with E-state index in [1.54, 1.807) is 18.3 Å². The maximum absolute atomic E-state index is 13.9. The summed E-state index contributed by atoms with van der Waals surface area (Å²) >= 11 is 0. The van der Waals surface area contributed by atoms with Crippen LogP contribution in [-0.2, 0) is 6.54 Å². The molecule has 0 saturated heterocycles. The normalized spacial score (nSPS) is 10.2. The Balaban J connectivity index is 2.31. The van der Waals surface area contributed by atoms with Crippen molar-refractivity contribution in [2.45, 2.75) is 13.5 Å². The van der Waals surface area contributed by atoms with E-state index in [9.17, 15) is 4.39 Å². The molecule has 2 rings (SSSR count). The van der Waals surface area contributed by atoms with Gasteiger partial charge in [0.2, 0.25) is 0 Å². The number of nitrogens with zero attached hydrogens (tertiary/aromatic N) is 2. The molecule has 0 unspecified atom stereocenters. The van der Waals surface area contributed by atoms with Crippen molar-refractivity contribution in [1.82, 2.24) is 10.3 Å². The summed E-state index contributed by atoms with van der Waals surface area (Å²) in [4.78, 5) is 3.98. The van der Waals surface area contributed by atoms with E-state index in [4.69, 9.17) is 5.26 Å². The average molecular weight is 255 g/mol. The van der Waals surface area contributed by atoms with Crippen molar-refractivity contribution < 1.29 is 4.39 Å². The third-order valence-electron chi connectivity index (χ3n) is 2.82. The summed E-state index contributed by atoms with van der Waals surface area (Å²) in [5, 5.41) is 11.9. The van der Waals surface area contributed by atoms with Gasteiger partial charge in [-0.25, -0.2) is 4.39 Å². The number of nitriles is 1. The first-order valence-corrected chi connectivity index (χ1v) is 6.09. The standard InChI is InChI=1S/C15H14FN3/c1-2-18-9-13-4-3-12(6-15(13)16)14-5-11(7-17)8-19-10-14/h3-6,8,10,18H,2,9H2,1H3. The minimum absolute atomic E-state index is 0.249. The number of pyridine rings is 1. The van der Waals surface area contributed by atoms with Gasteiger partial charge in [-0.15, -0.1) is 0 Å². The molecule has 4 heteroatoms. The molecule has 1 aromatic carbocycles. The van der Waals surface area contributed by atoms with Crippen LogP contribution in [0.25, 0.3) is 11.1 Å². The van der Waals surface area contributed by atoms with Gasteiger partial charge in [0.1, 0.15) is 11.9 Å². The summed E-state index contributed by atoms with van der Waals surface area (Å²) in [6.07, 6.45) is 3.11. The Hall–Kier alpha value is -2.25. The largest absolute Gasteiger partial charge is 0.313 e. The van der Waals surface area contributed by atoms with Gasteiger partial charge in [0.15, 0.2) is 0 Å². The second kappa shape index (κ2) is 6.07. The molecule has 0 aliphatic rings. The number of hydrogen-bond acceptors (Lipinski definition) is 3. The summed E-state index contributed by atoms with van der Waals surface area (Å²) < 4.78 is 13.9. The lowest BCUT2D eigenvalue weighted by Gasteiger charge is -2.07. The van der Waals surface area contributed by atoms with Crippen LogP contribution < -0.4 is 5.32 Å². The first kappa shape index (κ1) is 13.2. The molecule has 2 aromatic rings. The van der Waals surface area contributed by atoms with E-state index in [0.29, 0.717) is 17.7 Å². The van der Waals surface area contributed by atoms with E-state index < -0.39 is 0 Å². The zero-order valence-electron chi connectivity index (χ0n) is 10.7. The van der Waals surface area contributed by atoms with Crippen molar-refractivity contribution in [2.75, 3.05) is 6.54 Å². The number of rotatable bonds is 4. The van der Waals surface area contributed by atoms with E-state index in [1.807, 2.05) is 19.1 Å². The topological polar surface area (TPSA) is 48.7 Å². The van der Waals surface area contributed by atoms with Crippen molar-refractivity contribution in [2.24, 2.45) is 0 Å². The van der Waals surface area contributed by atoms with Crippen molar-refractivity contribution >= 4 is 0 Å². The van der Waals surface area contributed by atoms with Gasteiger partial charge in [0, 0.05) is 30.1 Å². The fourth-order valence-corrected chi connectivity index (χ4v) is 1.79. The number of nitrogens with one attached hydrogen (secondary N) is 1. The highest BCUT2D eigenvalue weighted by molar-refractivity contribution is 5.64. The average Bonchev–Trinajstić information content (AvgIpc) is 2.46. The third kappa shape index (κ3) is 3.15. The molecule has 0 fully saturated rings. The zero-order valence-corrected chi connectivity index (χ0v) is 10.7. The van der Waals surface area contributed by atoms with Crippen LogP contribution in [0.15, 0.2) is 36.7 Å². The minimum Gasteiger partial charge on any atom is -0.313 e. The van der Waals surface area contributed by atoms with Gasteiger partial charge in [-0.2, -0.15) is 5.26 Å². The van der Waals surface area contributed by atoms with Crippen molar-refractivity contribution in [3.8, 4) is 17.2 Å². The predicted molar refractivity (Wildman–Crippen MR) is 71.7 cm³/mol. The van der Waals surface area contributed by atoms with Gasteiger partial charge in [-0.05, 0) is 24.2 Å². The van der Waals surface area contributed by atoms with Gasteiger partial charge >= 0.3 is 0 Å². The molecular formula is C15H14FN3. The lowest BCUT2D eigenvalue weighted by atomic mass is 10.0. The highest BCUT2D eigenvalue weighted by Crippen LogP contribution is 2.22. The highest BCUT2D eigenvalue weighted by Gasteiger charge is 2.05. The van der Waals surface area contributed by atoms with E-state index >= 15 is 0 Å². The van der Waals surface area contributed by atoms with E-state index in [-0.39, 0.29) is 5.82 Å². The van der Waals surface area contributed by atoms with E-state index in [2.05, 4.69) is 10.3 Å². The van der Waals surface area contributed by atoms with E-state index in [1.165, 1.54) is 12.3 Å². The summed E-state index contributed by atoms with van der Waals surface area (Å²) in [6.45, 7) is 3.29. The van der Waals surface area contributed by atoms with Crippen molar-refractivity contribution in [3.05, 3.63) is 53.6 Å².